The topological polar surface area (TPSA) is 96.5 Å². The molecule has 0 bridgehead atoms. The average molecular weight is 571 g/mol. The molecular weight excluding hydrogens is 552 g/mol. The fraction of sp³-hybridized carbons (Fsp3) is 0. The van der Waals surface area contributed by atoms with Crippen molar-refractivity contribution in [3.8, 4) is 12.0 Å². The lowest BCUT2D eigenvalue weighted by atomic mass is 10.3. The predicted molar refractivity (Wildman–Crippen MR) is 168 cm³/mol. The molecule has 0 saturated heterocycles. The molecule has 11 aromatic rings. The van der Waals surface area contributed by atoms with Gasteiger partial charge in [-0.05, 0) is 48.5 Å². The van der Waals surface area contributed by atoms with E-state index in [1.165, 1.54) is 0 Å². The number of rotatable bonds is 2. The molecule has 6 heterocycles. The molecule has 0 N–H and O–H groups in total. The Morgan fingerprint density at radius 2 is 0.773 bits per heavy atom. The highest BCUT2D eigenvalue weighted by atomic mass is 16.4. The van der Waals surface area contributed by atoms with Crippen LogP contribution in [0.4, 0.5) is 0 Å². The first kappa shape index (κ1) is 22.2. The molecule has 10 nitrogen and oxygen atoms in total. The zero-order valence-corrected chi connectivity index (χ0v) is 22.8. The Bertz CT molecular complexity index is 2720. The fourth-order valence-electron chi connectivity index (χ4n) is 6.60. The molecule has 11 rings (SSSR count). The first-order chi connectivity index (χ1) is 21.8. The van der Waals surface area contributed by atoms with E-state index < -0.39 is 0 Å². The monoisotopic (exact) mass is 570 g/mol. The van der Waals surface area contributed by atoms with E-state index in [1.54, 1.807) is 0 Å². The van der Waals surface area contributed by atoms with Crippen LogP contribution in [0.2, 0.25) is 0 Å². The number of benzene rings is 5. The molecule has 0 aliphatic rings. The van der Waals surface area contributed by atoms with Gasteiger partial charge in [0.15, 0.2) is 11.2 Å². The zero-order chi connectivity index (χ0) is 28.5. The van der Waals surface area contributed by atoms with Crippen LogP contribution < -0.4 is 0 Å². The smallest absolute Gasteiger partial charge is 0.310 e. The highest BCUT2D eigenvalue weighted by Gasteiger charge is 2.23. The minimum absolute atomic E-state index is 0.427. The van der Waals surface area contributed by atoms with Gasteiger partial charge in [0.1, 0.15) is 11.0 Å². The number of nitrogens with zero attached hydrogens (tertiary/aromatic N) is 8. The maximum absolute atomic E-state index is 6.41. The fourth-order valence-corrected chi connectivity index (χ4v) is 6.60. The summed E-state index contributed by atoms with van der Waals surface area (Å²) in [4.78, 5) is 19.7. The largest absolute Gasteiger partial charge is 0.423 e. The molecule has 44 heavy (non-hydrogen) atoms. The molecule has 5 aromatic carbocycles. The maximum Gasteiger partial charge on any atom is 0.310 e. The molecule has 0 fully saturated rings. The van der Waals surface area contributed by atoms with Gasteiger partial charge < -0.3 is 8.83 Å². The molecule has 206 valence electrons. The number of hydrogen-bond acceptors (Lipinski definition) is 6. The van der Waals surface area contributed by atoms with E-state index in [1.807, 2.05) is 81.9 Å². The summed E-state index contributed by atoms with van der Waals surface area (Å²) >= 11 is 0. The van der Waals surface area contributed by atoms with Crippen molar-refractivity contribution in [3.05, 3.63) is 109 Å². The Kier molecular flexibility index (Phi) is 3.88. The van der Waals surface area contributed by atoms with Crippen LogP contribution in [-0.4, -0.2) is 37.9 Å². The maximum atomic E-state index is 6.41. The lowest BCUT2D eigenvalue weighted by Crippen LogP contribution is -1.95. The van der Waals surface area contributed by atoms with Crippen molar-refractivity contribution >= 4 is 77.9 Å². The molecule has 0 saturated carbocycles. The number of hydrogen-bond donors (Lipinski definition) is 0. The van der Waals surface area contributed by atoms with Crippen molar-refractivity contribution in [1.82, 2.24) is 37.9 Å². The van der Waals surface area contributed by atoms with Gasteiger partial charge in [0.2, 0.25) is 11.6 Å². The van der Waals surface area contributed by atoms with Gasteiger partial charge in [-0.15, -0.1) is 0 Å². The Morgan fingerprint density at radius 1 is 0.386 bits per heavy atom. The van der Waals surface area contributed by atoms with Gasteiger partial charge in [-0.1, -0.05) is 48.5 Å². The van der Waals surface area contributed by atoms with Crippen molar-refractivity contribution in [3.63, 3.8) is 0 Å². The van der Waals surface area contributed by atoms with Crippen LogP contribution in [0.3, 0.4) is 0 Å². The standard InChI is InChI=1S/C34H18N8O2/c1-3-11-23-19(9-1)35-31-39(23)25-13-5-7-15-27(25)41(31)33-37-21-17-30-22(18-29(21)43-33)38-34(44-30)42-28-16-8-6-14-26(28)40-24-12-4-2-10-20(24)36-32(40)42/h1-18H. The molecule has 0 spiro atoms. The lowest BCUT2D eigenvalue weighted by molar-refractivity contribution is 0.571. The van der Waals surface area contributed by atoms with Gasteiger partial charge in [0.05, 0.1) is 44.1 Å². The highest BCUT2D eigenvalue weighted by molar-refractivity contribution is 5.95. The third-order valence-electron chi connectivity index (χ3n) is 8.47. The van der Waals surface area contributed by atoms with Gasteiger partial charge in [-0.3, -0.25) is 8.80 Å². The molecule has 0 aliphatic carbocycles. The first-order valence-corrected chi connectivity index (χ1v) is 14.3. The van der Waals surface area contributed by atoms with Gasteiger partial charge in [0.25, 0.3) is 0 Å². The lowest BCUT2D eigenvalue weighted by Gasteiger charge is -1.98. The molecular formula is C34H18N8O2. The van der Waals surface area contributed by atoms with Crippen LogP contribution in [0.25, 0.3) is 89.9 Å². The normalized spacial score (nSPS) is 12.5. The van der Waals surface area contributed by atoms with Gasteiger partial charge in [-0.2, -0.15) is 9.97 Å². The summed E-state index contributed by atoms with van der Waals surface area (Å²) in [5, 5.41) is 0. The Hall–Kier alpha value is -6.42. The van der Waals surface area contributed by atoms with Crippen LogP contribution in [0.1, 0.15) is 0 Å². The second kappa shape index (κ2) is 7.69. The van der Waals surface area contributed by atoms with Gasteiger partial charge in [-0.25, -0.2) is 19.1 Å². The van der Waals surface area contributed by atoms with E-state index in [9.17, 15) is 0 Å². The summed E-state index contributed by atoms with van der Waals surface area (Å²) in [6.07, 6.45) is 0. The predicted octanol–water partition coefficient (Wildman–Crippen LogP) is 7.46. The van der Waals surface area contributed by atoms with Crippen LogP contribution in [0, 0.1) is 0 Å². The van der Waals surface area contributed by atoms with Gasteiger partial charge in [0, 0.05) is 12.1 Å². The quantitative estimate of drug-likeness (QED) is 0.214. The minimum Gasteiger partial charge on any atom is -0.423 e. The first-order valence-electron chi connectivity index (χ1n) is 14.3. The number of imidazole rings is 4. The minimum atomic E-state index is 0.427. The summed E-state index contributed by atoms with van der Waals surface area (Å²) in [5.41, 5.74) is 10.4. The van der Waals surface area contributed by atoms with Crippen molar-refractivity contribution in [2.75, 3.05) is 0 Å². The Morgan fingerprint density at radius 3 is 1.23 bits per heavy atom. The summed E-state index contributed by atoms with van der Waals surface area (Å²) in [7, 11) is 0. The van der Waals surface area contributed by atoms with E-state index in [2.05, 4.69) is 45.2 Å². The van der Waals surface area contributed by atoms with Crippen molar-refractivity contribution < 1.29 is 8.83 Å². The van der Waals surface area contributed by atoms with Crippen molar-refractivity contribution in [2.24, 2.45) is 0 Å². The third-order valence-corrected chi connectivity index (χ3v) is 8.47. The third kappa shape index (κ3) is 2.70. The van der Waals surface area contributed by atoms with Crippen molar-refractivity contribution in [2.45, 2.75) is 0 Å². The number of fused-ring (bicyclic) bond motifs is 12. The summed E-state index contributed by atoms with van der Waals surface area (Å²) in [5.74, 6) is 1.47. The summed E-state index contributed by atoms with van der Waals surface area (Å²) in [6, 6.07) is 37.1. The average Bonchev–Trinajstić information content (AvgIpc) is 3.88. The molecule has 0 radical (unpaired) electrons. The molecule has 0 amide bonds. The molecule has 6 aromatic heterocycles. The number of oxazole rings is 2. The van der Waals surface area contributed by atoms with Crippen LogP contribution in [-0.2, 0) is 0 Å². The Labute approximate surface area is 245 Å². The molecule has 0 atom stereocenters. The van der Waals surface area contributed by atoms with Crippen LogP contribution in [0.5, 0.6) is 0 Å². The second-order valence-electron chi connectivity index (χ2n) is 10.9. The number of para-hydroxylation sites is 8. The molecule has 0 unspecified atom stereocenters. The van der Waals surface area contributed by atoms with E-state index in [0.717, 1.165) is 55.7 Å². The Balaban J connectivity index is 1.13. The SMILES string of the molecule is c1ccc2c(c1)nc1n(-c3nc4cc5oc(-n6c7ccccc7n7c8ccccc8nc67)nc5cc4o3)c3ccccc3n21. The van der Waals surface area contributed by atoms with Crippen LogP contribution in [0.15, 0.2) is 118 Å². The van der Waals surface area contributed by atoms with E-state index in [0.29, 0.717) is 34.2 Å². The molecule has 10 heteroatoms. The second-order valence-corrected chi connectivity index (χ2v) is 10.9. The summed E-state index contributed by atoms with van der Waals surface area (Å²) < 4.78 is 21.0. The molecule has 0 aliphatic heterocycles. The van der Waals surface area contributed by atoms with E-state index in [-0.39, 0.29) is 0 Å². The van der Waals surface area contributed by atoms with E-state index >= 15 is 0 Å². The van der Waals surface area contributed by atoms with Crippen molar-refractivity contribution in [1.29, 1.82) is 0 Å². The zero-order valence-electron chi connectivity index (χ0n) is 22.8. The van der Waals surface area contributed by atoms with Gasteiger partial charge >= 0.3 is 12.0 Å². The number of aromatic nitrogens is 8. The highest BCUT2D eigenvalue weighted by Crippen LogP contribution is 2.34. The van der Waals surface area contributed by atoms with E-state index in [4.69, 9.17) is 28.8 Å². The summed E-state index contributed by atoms with van der Waals surface area (Å²) in [6.45, 7) is 0. The van der Waals surface area contributed by atoms with Crippen LogP contribution >= 0.6 is 0 Å².